The van der Waals surface area contributed by atoms with Crippen molar-refractivity contribution in [3.63, 3.8) is 0 Å². The van der Waals surface area contributed by atoms with Gasteiger partial charge >= 0.3 is 0 Å². The van der Waals surface area contributed by atoms with E-state index in [1.165, 1.54) is 23.9 Å². The van der Waals surface area contributed by atoms with Gasteiger partial charge in [-0.2, -0.15) is 5.10 Å². The van der Waals surface area contributed by atoms with Gasteiger partial charge in [-0.1, -0.05) is 24.3 Å². The van der Waals surface area contributed by atoms with E-state index < -0.39 is 11.6 Å². The molecule has 2 aromatic heterocycles. The number of aromatic nitrogens is 4. The van der Waals surface area contributed by atoms with Crippen molar-refractivity contribution in [2.75, 3.05) is 20.3 Å². The second-order valence-corrected chi connectivity index (χ2v) is 8.00. The molecule has 0 saturated carbocycles. The summed E-state index contributed by atoms with van der Waals surface area (Å²) in [6, 6.07) is 10.8. The van der Waals surface area contributed by atoms with Gasteiger partial charge in [0.05, 0.1) is 11.8 Å². The second kappa shape index (κ2) is 8.72. The first-order chi connectivity index (χ1) is 15.6. The topological polar surface area (TPSA) is 75.7 Å². The molecule has 4 aromatic rings. The molecule has 2 aromatic carbocycles. The zero-order valence-corrected chi connectivity index (χ0v) is 17.7. The minimum absolute atomic E-state index is 0.00927. The van der Waals surface area contributed by atoms with E-state index in [9.17, 15) is 8.78 Å². The van der Waals surface area contributed by atoms with Crippen molar-refractivity contribution in [3.05, 3.63) is 65.4 Å². The van der Waals surface area contributed by atoms with Crippen LogP contribution in [0, 0.1) is 11.6 Å². The summed E-state index contributed by atoms with van der Waals surface area (Å²) in [5.74, 6) is -0.898. The minimum Gasteiger partial charge on any atom is -0.381 e. The van der Waals surface area contributed by atoms with Crippen LogP contribution >= 0.6 is 0 Å². The standard InChI is InChI=1S/C24H23F2N5O/c1-27-12-14-10-18(25)21(19(26)11-14)24-28-13-20-23(29-24)22(31-30-20)17-4-2-15(3-5-17)16-6-8-32-9-7-16/h2-5,10-11,13,16,27H,6-9,12H2,1H3,(H,30,31). The molecular formula is C24H23F2N5O. The highest BCUT2D eigenvalue weighted by atomic mass is 19.1. The lowest BCUT2D eigenvalue weighted by molar-refractivity contribution is 0.0853. The Morgan fingerprint density at radius 3 is 2.50 bits per heavy atom. The normalized spacial score (nSPS) is 14.8. The lowest BCUT2D eigenvalue weighted by atomic mass is 9.91. The van der Waals surface area contributed by atoms with E-state index in [0.29, 0.717) is 34.8 Å². The number of nitrogens with zero attached hydrogens (tertiary/aromatic N) is 3. The highest BCUT2D eigenvalue weighted by molar-refractivity contribution is 5.90. The van der Waals surface area contributed by atoms with Gasteiger partial charge in [0.2, 0.25) is 0 Å². The average molecular weight is 435 g/mol. The molecule has 0 spiro atoms. The van der Waals surface area contributed by atoms with Crippen molar-refractivity contribution in [3.8, 4) is 22.6 Å². The number of hydrogen-bond acceptors (Lipinski definition) is 5. The molecule has 0 radical (unpaired) electrons. The first-order valence-corrected chi connectivity index (χ1v) is 10.7. The molecule has 8 heteroatoms. The van der Waals surface area contributed by atoms with Crippen LogP contribution in [0.4, 0.5) is 8.78 Å². The number of rotatable bonds is 5. The highest BCUT2D eigenvalue weighted by Gasteiger charge is 2.20. The van der Waals surface area contributed by atoms with Crippen LogP contribution in [0.15, 0.2) is 42.6 Å². The number of ether oxygens (including phenoxy) is 1. The Morgan fingerprint density at radius 2 is 1.81 bits per heavy atom. The fourth-order valence-electron chi connectivity index (χ4n) is 4.22. The van der Waals surface area contributed by atoms with Crippen LogP contribution in [0.2, 0.25) is 0 Å². The van der Waals surface area contributed by atoms with Gasteiger partial charge in [-0.25, -0.2) is 18.7 Å². The van der Waals surface area contributed by atoms with E-state index in [1.807, 2.05) is 12.1 Å². The predicted molar refractivity (Wildman–Crippen MR) is 118 cm³/mol. The third-order valence-corrected chi connectivity index (χ3v) is 5.88. The molecule has 6 nitrogen and oxygen atoms in total. The SMILES string of the molecule is CNCc1cc(F)c(-c2ncc3[nH]nc(-c4ccc(C5CCOCC5)cc4)c3n2)c(F)c1. The summed E-state index contributed by atoms with van der Waals surface area (Å²) in [7, 11) is 1.72. The largest absolute Gasteiger partial charge is 0.381 e. The number of fused-ring (bicyclic) bond motifs is 1. The van der Waals surface area contributed by atoms with E-state index in [4.69, 9.17) is 4.74 Å². The molecule has 0 bridgehead atoms. The molecule has 2 N–H and O–H groups in total. The molecule has 0 aliphatic carbocycles. The van der Waals surface area contributed by atoms with Crippen LogP contribution in [-0.4, -0.2) is 40.4 Å². The van der Waals surface area contributed by atoms with Gasteiger partial charge in [-0.05, 0) is 49.1 Å². The zero-order valence-electron chi connectivity index (χ0n) is 17.7. The molecule has 1 aliphatic rings. The molecule has 164 valence electrons. The monoisotopic (exact) mass is 435 g/mol. The van der Waals surface area contributed by atoms with Gasteiger partial charge in [0.1, 0.15) is 28.4 Å². The molecule has 0 amide bonds. The summed E-state index contributed by atoms with van der Waals surface area (Å²) in [5.41, 5.74) is 4.17. The van der Waals surface area contributed by atoms with Gasteiger partial charge in [0, 0.05) is 25.3 Å². The summed E-state index contributed by atoms with van der Waals surface area (Å²) in [6.07, 6.45) is 3.54. The molecule has 0 atom stereocenters. The van der Waals surface area contributed by atoms with Crippen molar-refractivity contribution in [1.29, 1.82) is 0 Å². The summed E-state index contributed by atoms with van der Waals surface area (Å²) >= 11 is 0. The molecule has 5 rings (SSSR count). The molecule has 0 unspecified atom stereocenters. The predicted octanol–water partition coefficient (Wildman–Crippen LogP) is 4.58. The molecule has 1 fully saturated rings. The van der Waals surface area contributed by atoms with Gasteiger partial charge in [0.25, 0.3) is 0 Å². The Morgan fingerprint density at radius 1 is 1.09 bits per heavy atom. The van der Waals surface area contributed by atoms with Gasteiger partial charge < -0.3 is 10.1 Å². The third-order valence-electron chi connectivity index (χ3n) is 5.88. The van der Waals surface area contributed by atoms with Crippen LogP contribution in [0.3, 0.4) is 0 Å². The number of aromatic amines is 1. The Bertz CT molecular complexity index is 1230. The number of nitrogens with one attached hydrogen (secondary N) is 2. The molecule has 1 aliphatic heterocycles. The van der Waals surface area contributed by atoms with Crippen LogP contribution in [0.5, 0.6) is 0 Å². The first kappa shape index (κ1) is 20.7. The van der Waals surface area contributed by atoms with Crippen LogP contribution in [0.25, 0.3) is 33.7 Å². The lowest BCUT2D eigenvalue weighted by Gasteiger charge is -2.22. The third kappa shape index (κ3) is 3.87. The summed E-state index contributed by atoms with van der Waals surface area (Å²) in [4.78, 5) is 8.64. The first-order valence-electron chi connectivity index (χ1n) is 10.7. The Kier molecular flexibility index (Phi) is 5.63. The zero-order chi connectivity index (χ0) is 22.1. The van der Waals surface area contributed by atoms with Crippen molar-refractivity contribution >= 4 is 11.0 Å². The fraction of sp³-hybridized carbons (Fsp3) is 0.292. The van der Waals surface area contributed by atoms with E-state index in [1.54, 1.807) is 7.05 Å². The Labute approximate surface area is 184 Å². The van der Waals surface area contributed by atoms with Crippen LogP contribution in [0.1, 0.15) is 29.9 Å². The van der Waals surface area contributed by atoms with Crippen molar-refractivity contribution in [1.82, 2.24) is 25.5 Å². The van der Waals surface area contributed by atoms with Gasteiger partial charge in [-0.15, -0.1) is 0 Å². The maximum Gasteiger partial charge on any atom is 0.165 e. The van der Waals surface area contributed by atoms with E-state index in [0.717, 1.165) is 31.6 Å². The average Bonchev–Trinajstić information content (AvgIpc) is 3.23. The number of hydrogen-bond donors (Lipinski definition) is 2. The summed E-state index contributed by atoms with van der Waals surface area (Å²) in [6.45, 7) is 1.95. The Hall–Kier alpha value is -3.23. The van der Waals surface area contributed by atoms with Crippen molar-refractivity contribution in [2.45, 2.75) is 25.3 Å². The van der Waals surface area contributed by atoms with E-state index in [2.05, 4.69) is 37.6 Å². The second-order valence-electron chi connectivity index (χ2n) is 8.00. The van der Waals surface area contributed by atoms with Crippen LogP contribution in [-0.2, 0) is 11.3 Å². The number of H-pyrrole nitrogens is 1. The van der Waals surface area contributed by atoms with E-state index >= 15 is 0 Å². The van der Waals surface area contributed by atoms with Crippen LogP contribution < -0.4 is 5.32 Å². The molecule has 3 heterocycles. The molecular weight excluding hydrogens is 412 g/mol. The highest BCUT2D eigenvalue weighted by Crippen LogP contribution is 2.32. The fourth-order valence-corrected chi connectivity index (χ4v) is 4.22. The molecule has 1 saturated heterocycles. The van der Waals surface area contributed by atoms with Crippen molar-refractivity contribution in [2.24, 2.45) is 0 Å². The quantitative estimate of drug-likeness (QED) is 0.480. The maximum absolute atomic E-state index is 14.7. The summed E-state index contributed by atoms with van der Waals surface area (Å²) in [5, 5.41) is 10.2. The number of halogens is 2. The molecule has 32 heavy (non-hydrogen) atoms. The van der Waals surface area contributed by atoms with Gasteiger partial charge in [-0.3, -0.25) is 5.10 Å². The lowest BCUT2D eigenvalue weighted by Crippen LogP contribution is -2.13. The smallest absolute Gasteiger partial charge is 0.165 e. The Balaban J connectivity index is 1.51. The number of benzene rings is 2. The van der Waals surface area contributed by atoms with Gasteiger partial charge in [0.15, 0.2) is 5.82 Å². The summed E-state index contributed by atoms with van der Waals surface area (Å²) < 4.78 is 34.9. The maximum atomic E-state index is 14.7. The van der Waals surface area contributed by atoms with E-state index in [-0.39, 0.29) is 11.4 Å². The van der Waals surface area contributed by atoms with Crippen molar-refractivity contribution < 1.29 is 13.5 Å². The minimum atomic E-state index is -0.694.